The summed E-state index contributed by atoms with van der Waals surface area (Å²) in [5.41, 5.74) is 2.57. The van der Waals surface area contributed by atoms with E-state index in [-0.39, 0.29) is 17.0 Å². The standard InChI is InChI=1S/C29H34NO2.BrH/c31-29(26-7-3-1-4-8-26,27-9-5-2-6-10-27)28-13-11-25(12-14-28)23-32-22-21-30-18-15-24(16-19-30)17-20-30;/h1-14,24,31H,15-23H2;1H/q+1;/p-1. The molecule has 0 amide bonds. The molecule has 0 unspecified atom stereocenters. The summed E-state index contributed by atoms with van der Waals surface area (Å²) in [7, 11) is 0. The van der Waals surface area contributed by atoms with E-state index in [1.807, 2.05) is 72.8 Å². The van der Waals surface area contributed by atoms with E-state index in [9.17, 15) is 5.11 Å². The van der Waals surface area contributed by atoms with Gasteiger partial charge in [-0.1, -0.05) is 84.9 Å². The highest BCUT2D eigenvalue weighted by Crippen LogP contribution is 2.37. The second-order valence-electron chi connectivity index (χ2n) is 9.66. The maximum atomic E-state index is 11.9. The van der Waals surface area contributed by atoms with Crippen molar-refractivity contribution in [3.05, 3.63) is 107 Å². The zero-order chi connectivity index (χ0) is 21.9. The second-order valence-corrected chi connectivity index (χ2v) is 9.66. The highest BCUT2D eigenvalue weighted by molar-refractivity contribution is 5.47. The Hall–Kier alpha value is -1.98. The van der Waals surface area contributed by atoms with Crippen LogP contribution in [0.25, 0.3) is 0 Å². The van der Waals surface area contributed by atoms with Gasteiger partial charge in [-0.05, 0) is 47.4 Å². The number of benzene rings is 3. The molecule has 2 bridgehead atoms. The molecule has 3 nitrogen and oxygen atoms in total. The average Bonchev–Trinajstić information content (AvgIpc) is 2.89. The third kappa shape index (κ3) is 5.09. The molecule has 3 aliphatic heterocycles. The van der Waals surface area contributed by atoms with Crippen LogP contribution >= 0.6 is 0 Å². The molecule has 0 spiro atoms. The fourth-order valence-electron chi connectivity index (χ4n) is 5.62. The van der Waals surface area contributed by atoms with Gasteiger partial charge >= 0.3 is 0 Å². The van der Waals surface area contributed by atoms with Crippen molar-refractivity contribution in [2.45, 2.75) is 31.5 Å². The van der Waals surface area contributed by atoms with Crippen molar-refractivity contribution in [3.8, 4) is 0 Å². The van der Waals surface area contributed by atoms with Crippen LogP contribution in [-0.2, 0) is 16.9 Å². The lowest BCUT2D eigenvalue weighted by Crippen LogP contribution is -3.00. The van der Waals surface area contributed by atoms with Crippen LogP contribution in [0.15, 0.2) is 84.9 Å². The Kier molecular flexibility index (Phi) is 7.70. The molecule has 1 N–H and O–H groups in total. The van der Waals surface area contributed by atoms with Crippen LogP contribution in [-0.4, -0.2) is 42.4 Å². The normalized spacial score (nSPS) is 22.0. The molecule has 3 aromatic rings. The minimum atomic E-state index is -1.18. The fourth-order valence-corrected chi connectivity index (χ4v) is 5.62. The molecule has 3 saturated heterocycles. The lowest BCUT2D eigenvalue weighted by atomic mass is 9.80. The molecule has 3 heterocycles. The number of piperidine rings is 3. The molecular formula is C29H34BrNO2. The Morgan fingerprint density at radius 1 is 0.727 bits per heavy atom. The fraction of sp³-hybridized carbons (Fsp3) is 0.379. The van der Waals surface area contributed by atoms with Crippen LogP contribution in [0, 0.1) is 5.92 Å². The Morgan fingerprint density at radius 2 is 1.21 bits per heavy atom. The highest BCUT2D eigenvalue weighted by atomic mass is 79.9. The van der Waals surface area contributed by atoms with Gasteiger partial charge in [0.1, 0.15) is 12.1 Å². The van der Waals surface area contributed by atoms with E-state index in [4.69, 9.17) is 4.74 Å². The Morgan fingerprint density at radius 3 is 1.73 bits per heavy atom. The molecule has 4 heteroatoms. The molecule has 0 radical (unpaired) electrons. The quantitative estimate of drug-likeness (QED) is 0.287. The predicted molar refractivity (Wildman–Crippen MR) is 128 cm³/mol. The number of quaternary nitrogens is 1. The topological polar surface area (TPSA) is 29.5 Å². The molecule has 0 saturated carbocycles. The van der Waals surface area contributed by atoms with Crippen molar-refractivity contribution in [1.82, 2.24) is 0 Å². The van der Waals surface area contributed by atoms with Gasteiger partial charge in [-0.15, -0.1) is 0 Å². The van der Waals surface area contributed by atoms with Gasteiger partial charge < -0.3 is 31.3 Å². The first kappa shape index (κ1) is 24.2. The van der Waals surface area contributed by atoms with Gasteiger partial charge in [0.05, 0.1) is 32.8 Å². The lowest BCUT2D eigenvalue weighted by molar-refractivity contribution is -0.943. The number of rotatable bonds is 8. The average molecular weight is 509 g/mol. The van der Waals surface area contributed by atoms with Gasteiger partial charge in [0.25, 0.3) is 0 Å². The smallest absolute Gasteiger partial charge is 0.140 e. The molecule has 3 fully saturated rings. The second kappa shape index (κ2) is 10.5. The molecule has 33 heavy (non-hydrogen) atoms. The Balaban J connectivity index is 0.00000259. The maximum absolute atomic E-state index is 11.9. The Bertz CT molecular complexity index is 946. The largest absolute Gasteiger partial charge is 1.00 e. The van der Waals surface area contributed by atoms with Gasteiger partial charge in [0, 0.05) is 0 Å². The predicted octanol–water partition coefficient (Wildman–Crippen LogP) is 2.12. The van der Waals surface area contributed by atoms with E-state index in [0.29, 0.717) is 6.61 Å². The molecule has 3 aromatic carbocycles. The van der Waals surface area contributed by atoms with Crippen molar-refractivity contribution in [2.24, 2.45) is 5.92 Å². The van der Waals surface area contributed by atoms with E-state index in [2.05, 4.69) is 12.1 Å². The van der Waals surface area contributed by atoms with Gasteiger partial charge in [0.2, 0.25) is 0 Å². The van der Waals surface area contributed by atoms with E-state index >= 15 is 0 Å². The first-order chi connectivity index (χ1) is 15.7. The summed E-state index contributed by atoms with van der Waals surface area (Å²) in [4.78, 5) is 0. The number of halogens is 1. The molecule has 6 rings (SSSR count). The van der Waals surface area contributed by atoms with Gasteiger partial charge in [-0.2, -0.15) is 0 Å². The van der Waals surface area contributed by atoms with Gasteiger partial charge in [-0.3, -0.25) is 0 Å². The van der Waals surface area contributed by atoms with Crippen LogP contribution < -0.4 is 17.0 Å². The van der Waals surface area contributed by atoms with Crippen LogP contribution in [0.1, 0.15) is 41.5 Å². The summed E-state index contributed by atoms with van der Waals surface area (Å²) in [6.45, 7) is 6.63. The number of hydrogen-bond acceptors (Lipinski definition) is 2. The SMILES string of the molecule is OC(c1ccccc1)(c1ccccc1)c1ccc(COCC[N+]23CCC(CC2)CC3)cc1.[Br-]. The summed E-state index contributed by atoms with van der Waals surface area (Å²) >= 11 is 0. The number of hydrogen-bond donors (Lipinski definition) is 1. The van der Waals surface area contributed by atoms with Crippen LogP contribution in [0.3, 0.4) is 0 Å². The maximum Gasteiger partial charge on any atom is 0.140 e. The zero-order valence-electron chi connectivity index (χ0n) is 19.2. The summed E-state index contributed by atoms with van der Waals surface area (Å²) in [6.07, 6.45) is 4.23. The summed E-state index contributed by atoms with van der Waals surface area (Å²) in [5, 5.41) is 11.9. The summed E-state index contributed by atoms with van der Waals surface area (Å²) < 4.78 is 7.36. The zero-order valence-corrected chi connectivity index (χ0v) is 20.8. The van der Waals surface area contributed by atoms with Crippen LogP contribution in [0.4, 0.5) is 0 Å². The molecular weight excluding hydrogens is 474 g/mol. The van der Waals surface area contributed by atoms with Crippen molar-refractivity contribution < 1.29 is 31.3 Å². The molecule has 174 valence electrons. The first-order valence-electron chi connectivity index (χ1n) is 12.0. The molecule has 3 aliphatic rings. The number of fused-ring (bicyclic) bond motifs is 3. The van der Waals surface area contributed by atoms with Crippen molar-refractivity contribution in [3.63, 3.8) is 0 Å². The van der Waals surface area contributed by atoms with E-state index < -0.39 is 5.60 Å². The van der Waals surface area contributed by atoms with Crippen molar-refractivity contribution in [2.75, 3.05) is 32.8 Å². The Labute approximate surface area is 208 Å². The van der Waals surface area contributed by atoms with Crippen LogP contribution in [0.5, 0.6) is 0 Å². The minimum absolute atomic E-state index is 0. The third-order valence-corrected chi connectivity index (χ3v) is 7.77. The van der Waals surface area contributed by atoms with E-state index in [1.165, 1.54) is 43.4 Å². The monoisotopic (exact) mass is 507 g/mol. The lowest BCUT2D eigenvalue weighted by Gasteiger charge is -2.49. The highest BCUT2D eigenvalue weighted by Gasteiger charge is 2.39. The minimum Gasteiger partial charge on any atom is -1.00 e. The van der Waals surface area contributed by atoms with Crippen molar-refractivity contribution in [1.29, 1.82) is 0 Å². The summed E-state index contributed by atoms with van der Waals surface area (Å²) in [6, 6.07) is 28.1. The van der Waals surface area contributed by atoms with E-state index in [0.717, 1.165) is 41.3 Å². The summed E-state index contributed by atoms with van der Waals surface area (Å²) in [5.74, 6) is 1.000. The van der Waals surface area contributed by atoms with Crippen LogP contribution in [0.2, 0.25) is 0 Å². The van der Waals surface area contributed by atoms with Crippen molar-refractivity contribution >= 4 is 0 Å². The third-order valence-electron chi connectivity index (χ3n) is 7.77. The molecule has 0 atom stereocenters. The van der Waals surface area contributed by atoms with Gasteiger partial charge in [0.15, 0.2) is 0 Å². The number of nitrogens with zero attached hydrogens (tertiary/aromatic N) is 1. The van der Waals surface area contributed by atoms with E-state index in [1.54, 1.807) is 0 Å². The van der Waals surface area contributed by atoms with Gasteiger partial charge in [-0.25, -0.2) is 0 Å². The number of aliphatic hydroxyl groups is 1. The molecule has 0 aliphatic carbocycles. The first-order valence-corrected chi connectivity index (χ1v) is 12.0. The molecule has 0 aromatic heterocycles. The number of ether oxygens (including phenoxy) is 1.